The number of hydrogen-bond acceptors (Lipinski definition) is 8. The molecule has 13 heteroatoms. The summed E-state index contributed by atoms with van der Waals surface area (Å²) in [7, 11) is -12.0. The SMILES string of the molecule is O=S(=O)(O)CCNc1ccc(S(=O)(=O)c2ccc(NCCS(=O)(=O)O)cc2)cc1. The second kappa shape index (κ2) is 9.09. The van der Waals surface area contributed by atoms with Gasteiger partial charge in [0.15, 0.2) is 0 Å². The zero-order valence-corrected chi connectivity index (χ0v) is 17.5. The van der Waals surface area contributed by atoms with Crippen LogP contribution in [-0.4, -0.2) is 59.0 Å². The van der Waals surface area contributed by atoms with Crippen molar-refractivity contribution in [3.63, 3.8) is 0 Å². The van der Waals surface area contributed by atoms with Gasteiger partial charge >= 0.3 is 0 Å². The van der Waals surface area contributed by atoms with Crippen molar-refractivity contribution in [3.05, 3.63) is 48.5 Å². The predicted octanol–water partition coefficient (Wildman–Crippen LogP) is 1.12. The zero-order valence-electron chi connectivity index (χ0n) is 15.0. The minimum Gasteiger partial charge on any atom is -0.384 e. The van der Waals surface area contributed by atoms with Gasteiger partial charge in [-0.15, -0.1) is 0 Å². The maximum Gasteiger partial charge on any atom is 0.266 e. The van der Waals surface area contributed by atoms with Crippen molar-refractivity contribution in [2.45, 2.75) is 9.79 Å². The molecule has 0 amide bonds. The van der Waals surface area contributed by atoms with Gasteiger partial charge in [0.1, 0.15) is 0 Å². The van der Waals surface area contributed by atoms with E-state index in [-0.39, 0.29) is 22.9 Å². The van der Waals surface area contributed by atoms with Crippen molar-refractivity contribution in [1.82, 2.24) is 0 Å². The van der Waals surface area contributed by atoms with Gasteiger partial charge in [-0.3, -0.25) is 9.11 Å². The van der Waals surface area contributed by atoms with E-state index < -0.39 is 41.6 Å². The first-order chi connectivity index (χ1) is 13.4. The lowest BCUT2D eigenvalue weighted by atomic mass is 10.3. The van der Waals surface area contributed by atoms with Crippen LogP contribution in [0.25, 0.3) is 0 Å². The molecular formula is C16H20N2O8S3. The molecule has 0 spiro atoms. The molecule has 0 heterocycles. The first-order valence-electron chi connectivity index (χ1n) is 8.20. The third-order valence-electron chi connectivity index (χ3n) is 3.71. The van der Waals surface area contributed by atoms with Gasteiger partial charge in [0.2, 0.25) is 9.84 Å². The summed E-state index contributed by atoms with van der Waals surface area (Å²) in [5.41, 5.74) is 0.983. The van der Waals surface area contributed by atoms with E-state index in [2.05, 4.69) is 10.6 Å². The molecular weight excluding hydrogens is 444 g/mol. The van der Waals surface area contributed by atoms with E-state index in [1.165, 1.54) is 48.5 Å². The molecule has 2 aromatic rings. The Labute approximate surface area is 169 Å². The van der Waals surface area contributed by atoms with Gasteiger partial charge < -0.3 is 10.6 Å². The summed E-state index contributed by atoms with van der Waals surface area (Å²) < 4.78 is 85.5. The van der Waals surface area contributed by atoms with E-state index in [9.17, 15) is 25.3 Å². The lowest BCUT2D eigenvalue weighted by molar-refractivity contribution is 0.481. The Morgan fingerprint density at radius 3 is 1.17 bits per heavy atom. The predicted molar refractivity (Wildman–Crippen MR) is 108 cm³/mol. The van der Waals surface area contributed by atoms with Crippen molar-refractivity contribution in [1.29, 1.82) is 0 Å². The number of anilines is 2. The van der Waals surface area contributed by atoms with Crippen molar-refractivity contribution >= 4 is 41.4 Å². The smallest absolute Gasteiger partial charge is 0.266 e. The molecule has 0 saturated carbocycles. The summed E-state index contributed by atoms with van der Waals surface area (Å²) in [6.07, 6.45) is 0. The Morgan fingerprint density at radius 2 is 0.897 bits per heavy atom. The molecule has 2 rings (SSSR count). The van der Waals surface area contributed by atoms with Crippen molar-refractivity contribution < 1.29 is 34.4 Å². The normalized spacial score (nSPS) is 12.5. The summed E-state index contributed by atoms with van der Waals surface area (Å²) in [4.78, 5) is 0.0647. The van der Waals surface area contributed by atoms with Gasteiger partial charge in [-0.25, -0.2) is 8.42 Å². The molecule has 0 unspecified atom stereocenters. The third-order valence-corrected chi connectivity index (χ3v) is 6.93. The highest BCUT2D eigenvalue weighted by Crippen LogP contribution is 2.23. The van der Waals surface area contributed by atoms with E-state index >= 15 is 0 Å². The average Bonchev–Trinajstić information content (AvgIpc) is 2.60. The number of hydrogen-bond donors (Lipinski definition) is 4. The molecule has 0 saturated heterocycles. The van der Waals surface area contributed by atoms with Crippen molar-refractivity contribution in [2.24, 2.45) is 0 Å². The van der Waals surface area contributed by atoms with Crippen molar-refractivity contribution in [2.75, 3.05) is 35.2 Å². The van der Waals surface area contributed by atoms with Crippen LogP contribution in [-0.2, 0) is 30.1 Å². The van der Waals surface area contributed by atoms with E-state index in [1.54, 1.807) is 0 Å². The summed E-state index contributed by atoms with van der Waals surface area (Å²) in [5, 5.41) is 5.51. The van der Waals surface area contributed by atoms with E-state index in [1.807, 2.05) is 0 Å². The van der Waals surface area contributed by atoms with Gasteiger partial charge in [-0.2, -0.15) is 16.8 Å². The molecule has 0 bridgehead atoms. The van der Waals surface area contributed by atoms with Crippen LogP contribution < -0.4 is 10.6 Å². The number of sulfone groups is 1. The van der Waals surface area contributed by atoms with Gasteiger partial charge in [-0.1, -0.05) is 0 Å². The monoisotopic (exact) mass is 464 g/mol. The molecule has 0 aliphatic rings. The first-order valence-corrected chi connectivity index (χ1v) is 12.9. The molecule has 4 N–H and O–H groups in total. The van der Waals surface area contributed by atoms with E-state index in [4.69, 9.17) is 9.11 Å². The largest absolute Gasteiger partial charge is 0.384 e. The fourth-order valence-corrected chi connectivity index (χ4v) is 4.27. The number of rotatable bonds is 10. The van der Waals surface area contributed by atoms with Crippen LogP contribution in [0.1, 0.15) is 0 Å². The standard InChI is InChI=1S/C16H20N2O8S3/c19-27(20,21)11-9-17-13-1-5-15(6-2-13)29(25,26)16-7-3-14(4-8-16)18-10-12-28(22,23)24/h1-8,17-18H,9-12H2,(H,19,20,21)(H,22,23,24). The Kier molecular flexibility index (Phi) is 7.24. The van der Waals surface area contributed by atoms with Gasteiger partial charge in [0.05, 0.1) is 21.3 Å². The van der Waals surface area contributed by atoms with Gasteiger partial charge in [0.25, 0.3) is 20.2 Å². The lowest BCUT2D eigenvalue weighted by Gasteiger charge is -2.09. The highest BCUT2D eigenvalue weighted by Gasteiger charge is 2.17. The number of nitrogens with one attached hydrogen (secondary N) is 2. The van der Waals surface area contributed by atoms with E-state index in [0.717, 1.165) is 0 Å². The summed E-state index contributed by atoms with van der Waals surface area (Å²) in [5.74, 6) is -0.949. The van der Waals surface area contributed by atoms with Crippen LogP contribution >= 0.6 is 0 Å². The average molecular weight is 465 g/mol. The van der Waals surface area contributed by atoms with Crippen molar-refractivity contribution in [3.8, 4) is 0 Å². The minimum absolute atomic E-state index is 0.0308. The Morgan fingerprint density at radius 1 is 0.586 bits per heavy atom. The Balaban J connectivity index is 2.04. The topological polar surface area (TPSA) is 167 Å². The molecule has 0 fully saturated rings. The van der Waals surface area contributed by atoms with Crippen LogP contribution in [0.3, 0.4) is 0 Å². The number of benzene rings is 2. The fraction of sp³-hybridized carbons (Fsp3) is 0.250. The Bertz CT molecular complexity index is 1050. The second-order valence-corrected chi connectivity index (χ2v) is 11.1. The molecule has 0 radical (unpaired) electrons. The lowest BCUT2D eigenvalue weighted by Crippen LogP contribution is -2.14. The second-order valence-electron chi connectivity index (χ2n) is 5.98. The molecule has 0 aliphatic carbocycles. The van der Waals surface area contributed by atoms with Crippen LogP contribution in [0.15, 0.2) is 58.3 Å². The van der Waals surface area contributed by atoms with Crippen LogP contribution in [0.5, 0.6) is 0 Å². The molecule has 160 valence electrons. The van der Waals surface area contributed by atoms with Crippen LogP contribution in [0, 0.1) is 0 Å². The Hall–Kier alpha value is -2.19. The maximum absolute atomic E-state index is 12.7. The molecule has 2 aromatic carbocycles. The summed E-state index contributed by atoms with van der Waals surface area (Å²) >= 11 is 0. The first kappa shape index (κ1) is 23.1. The van der Waals surface area contributed by atoms with Gasteiger partial charge in [-0.05, 0) is 48.5 Å². The highest BCUT2D eigenvalue weighted by atomic mass is 32.2. The van der Waals surface area contributed by atoms with Crippen LogP contribution in [0.4, 0.5) is 11.4 Å². The summed E-state index contributed by atoms with van der Waals surface area (Å²) in [6, 6.07) is 11.4. The highest BCUT2D eigenvalue weighted by molar-refractivity contribution is 7.91. The molecule has 10 nitrogen and oxygen atoms in total. The zero-order chi connectivity index (χ0) is 21.7. The molecule has 0 aliphatic heterocycles. The molecule has 0 aromatic heterocycles. The van der Waals surface area contributed by atoms with Gasteiger partial charge in [0, 0.05) is 24.5 Å². The fourth-order valence-electron chi connectivity index (χ4n) is 2.29. The van der Waals surface area contributed by atoms with E-state index in [0.29, 0.717) is 11.4 Å². The van der Waals surface area contributed by atoms with Crippen LogP contribution in [0.2, 0.25) is 0 Å². The molecule has 0 atom stereocenters. The molecule has 29 heavy (non-hydrogen) atoms. The quantitative estimate of drug-likeness (QED) is 0.374. The maximum atomic E-state index is 12.7. The third kappa shape index (κ3) is 7.62. The minimum atomic E-state index is -4.08. The summed E-state index contributed by atoms with van der Waals surface area (Å²) in [6.45, 7) is -0.0616.